The average molecular weight is 394 g/mol. The molecule has 1 aromatic heterocycles. The molecule has 9 heteroatoms. The lowest BCUT2D eigenvalue weighted by molar-refractivity contribution is 0.0130. The van der Waals surface area contributed by atoms with Crippen molar-refractivity contribution < 1.29 is 23.9 Å². The fraction of sp³-hybridized carbons (Fsp3) is 0.444. The van der Waals surface area contributed by atoms with Crippen LogP contribution in [0.4, 0.5) is 5.82 Å². The van der Waals surface area contributed by atoms with Crippen LogP contribution in [-0.2, 0) is 9.47 Å². The number of morpholine rings is 1. The number of benzene rings is 1. The van der Waals surface area contributed by atoms with Gasteiger partial charge in [-0.2, -0.15) is 0 Å². The summed E-state index contributed by atoms with van der Waals surface area (Å²) in [6, 6.07) is 6.81. The lowest BCUT2D eigenvalue weighted by Gasteiger charge is -2.34. The van der Waals surface area contributed by atoms with Gasteiger partial charge in [-0.05, 0) is 24.3 Å². The molecule has 4 rings (SSSR count). The van der Waals surface area contributed by atoms with Crippen molar-refractivity contribution in [3.05, 3.63) is 34.9 Å². The topological polar surface area (TPSA) is 97.1 Å². The van der Waals surface area contributed by atoms with E-state index in [2.05, 4.69) is 15.4 Å². The van der Waals surface area contributed by atoms with Gasteiger partial charge in [-0.3, -0.25) is 4.90 Å². The summed E-state index contributed by atoms with van der Waals surface area (Å²) in [7, 11) is 0. The molecule has 2 N–H and O–H groups in total. The molecule has 2 aliphatic rings. The van der Waals surface area contributed by atoms with Crippen molar-refractivity contribution in [3.63, 3.8) is 0 Å². The minimum absolute atomic E-state index is 0.00458. The van der Waals surface area contributed by atoms with E-state index in [1.807, 2.05) is 0 Å². The Hall–Kier alpha value is -2.13. The second-order valence-electron chi connectivity index (χ2n) is 6.55. The van der Waals surface area contributed by atoms with Gasteiger partial charge in [0.25, 0.3) is 0 Å². The first-order chi connectivity index (χ1) is 13.1. The normalized spacial score (nSPS) is 23.4. The summed E-state index contributed by atoms with van der Waals surface area (Å²) in [4.78, 5) is 14.2. The molecule has 2 aromatic rings. The van der Waals surface area contributed by atoms with Gasteiger partial charge in [0, 0.05) is 23.7 Å². The highest BCUT2D eigenvalue weighted by Gasteiger charge is 2.36. The number of rotatable bonds is 5. The monoisotopic (exact) mass is 393 g/mol. The van der Waals surface area contributed by atoms with E-state index in [1.165, 1.54) is 0 Å². The first-order valence-corrected chi connectivity index (χ1v) is 9.16. The summed E-state index contributed by atoms with van der Waals surface area (Å²) in [5.74, 6) is -0.699. The van der Waals surface area contributed by atoms with Crippen molar-refractivity contribution in [1.82, 2.24) is 10.1 Å². The van der Waals surface area contributed by atoms with Crippen LogP contribution in [0.3, 0.4) is 0 Å². The lowest BCUT2D eigenvalue weighted by Crippen LogP contribution is -2.50. The van der Waals surface area contributed by atoms with Crippen LogP contribution in [0, 0.1) is 0 Å². The summed E-state index contributed by atoms with van der Waals surface area (Å²) < 4.78 is 16.4. The molecule has 144 valence electrons. The number of aromatic nitrogens is 1. The first kappa shape index (κ1) is 18.2. The van der Waals surface area contributed by atoms with E-state index in [9.17, 15) is 9.90 Å². The molecular formula is C18H20ClN3O5. The molecule has 2 atom stereocenters. The fourth-order valence-corrected chi connectivity index (χ4v) is 3.64. The Morgan fingerprint density at radius 2 is 1.93 bits per heavy atom. The minimum atomic E-state index is -1.11. The van der Waals surface area contributed by atoms with E-state index in [0.717, 1.165) is 13.1 Å². The predicted molar refractivity (Wildman–Crippen MR) is 98.3 cm³/mol. The summed E-state index contributed by atoms with van der Waals surface area (Å²) in [6.45, 7) is 4.09. The second kappa shape index (κ2) is 7.85. The number of hydrogen-bond donors (Lipinski definition) is 2. The molecule has 1 aromatic carbocycles. The number of nitrogens with one attached hydrogen (secondary N) is 1. The highest BCUT2D eigenvalue weighted by Crippen LogP contribution is 2.31. The van der Waals surface area contributed by atoms with Crippen LogP contribution in [0.25, 0.3) is 11.3 Å². The summed E-state index contributed by atoms with van der Waals surface area (Å²) in [6.07, 6.45) is 0. The van der Waals surface area contributed by atoms with Crippen LogP contribution in [0.15, 0.2) is 28.8 Å². The van der Waals surface area contributed by atoms with Crippen LogP contribution in [0.5, 0.6) is 0 Å². The quantitative estimate of drug-likeness (QED) is 0.798. The molecule has 0 radical (unpaired) electrons. The van der Waals surface area contributed by atoms with Crippen LogP contribution in [0.2, 0.25) is 5.02 Å². The van der Waals surface area contributed by atoms with Gasteiger partial charge in [-0.25, -0.2) is 4.79 Å². The Kier molecular flexibility index (Phi) is 5.31. The molecule has 0 unspecified atom stereocenters. The van der Waals surface area contributed by atoms with Crippen molar-refractivity contribution in [2.75, 3.05) is 44.8 Å². The molecule has 0 aliphatic carbocycles. The molecular weight excluding hydrogens is 374 g/mol. The van der Waals surface area contributed by atoms with E-state index < -0.39 is 5.97 Å². The van der Waals surface area contributed by atoms with E-state index in [0.29, 0.717) is 37.0 Å². The molecule has 27 heavy (non-hydrogen) atoms. The van der Waals surface area contributed by atoms with Crippen molar-refractivity contribution in [2.24, 2.45) is 0 Å². The largest absolute Gasteiger partial charge is 0.477 e. The number of carbonyl (C=O) groups is 1. The molecule has 8 nitrogen and oxygen atoms in total. The molecule has 2 aliphatic heterocycles. The van der Waals surface area contributed by atoms with E-state index in [1.54, 1.807) is 24.3 Å². The fourth-order valence-electron chi connectivity index (χ4n) is 3.51. The Balaban J connectivity index is 1.58. The van der Waals surface area contributed by atoms with Crippen molar-refractivity contribution in [3.8, 4) is 11.3 Å². The van der Waals surface area contributed by atoms with Gasteiger partial charge < -0.3 is 24.4 Å². The lowest BCUT2D eigenvalue weighted by atomic mass is 10.1. The zero-order valence-corrected chi connectivity index (χ0v) is 15.3. The second-order valence-corrected chi connectivity index (χ2v) is 6.99. The summed E-state index contributed by atoms with van der Waals surface area (Å²) >= 11 is 5.91. The number of ether oxygens (including phenoxy) is 2. The Labute approximate surface area is 161 Å². The van der Waals surface area contributed by atoms with Gasteiger partial charge in [-0.15, -0.1) is 0 Å². The maximum absolute atomic E-state index is 11.9. The van der Waals surface area contributed by atoms with E-state index in [-0.39, 0.29) is 29.2 Å². The number of nitrogens with zero attached hydrogens (tertiary/aromatic N) is 2. The van der Waals surface area contributed by atoms with Crippen LogP contribution in [0.1, 0.15) is 10.4 Å². The van der Waals surface area contributed by atoms with Gasteiger partial charge in [0.2, 0.25) is 0 Å². The smallest absolute Gasteiger partial charge is 0.343 e. The van der Waals surface area contributed by atoms with Crippen molar-refractivity contribution in [1.29, 1.82) is 0 Å². The van der Waals surface area contributed by atoms with Crippen LogP contribution >= 0.6 is 11.6 Å². The standard InChI is InChI=1S/C18H20ClN3O5/c19-12-3-1-11(2-4-12)16-15(18(23)24)17(21-27-16)20-13-9-26-10-14(13)22-5-7-25-8-6-22/h1-4,13-14H,5-10H2,(H,20,21)(H,23,24)/t13-,14-/m0/s1. The Bertz CT molecular complexity index is 804. The Morgan fingerprint density at radius 3 is 2.63 bits per heavy atom. The van der Waals surface area contributed by atoms with Gasteiger partial charge >= 0.3 is 5.97 Å². The number of aromatic carboxylic acids is 1. The molecule has 0 saturated carbocycles. The molecule has 2 fully saturated rings. The zero-order valence-electron chi connectivity index (χ0n) is 14.6. The first-order valence-electron chi connectivity index (χ1n) is 8.78. The average Bonchev–Trinajstić information content (AvgIpc) is 3.30. The third-order valence-corrected chi connectivity index (χ3v) is 5.15. The number of hydrogen-bond acceptors (Lipinski definition) is 7. The van der Waals surface area contributed by atoms with E-state index >= 15 is 0 Å². The highest BCUT2D eigenvalue weighted by atomic mass is 35.5. The van der Waals surface area contributed by atoms with E-state index in [4.69, 9.17) is 25.6 Å². The van der Waals surface area contributed by atoms with Crippen LogP contribution < -0.4 is 5.32 Å². The van der Waals surface area contributed by atoms with Gasteiger partial charge in [0.05, 0.1) is 38.5 Å². The number of halogens is 1. The predicted octanol–water partition coefficient (Wildman–Crippen LogP) is 2.20. The van der Waals surface area contributed by atoms with Crippen molar-refractivity contribution in [2.45, 2.75) is 12.1 Å². The molecule has 0 amide bonds. The Morgan fingerprint density at radius 1 is 1.19 bits per heavy atom. The zero-order chi connectivity index (χ0) is 18.8. The maximum atomic E-state index is 11.9. The maximum Gasteiger partial charge on any atom is 0.343 e. The molecule has 3 heterocycles. The third-order valence-electron chi connectivity index (χ3n) is 4.90. The SMILES string of the molecule is O=C(O)c1c(N[C@H]2COC[C@@H]2N2CCOCC2)noc1-c1ccc(Cl)cc1. The summed E-state index contributed by atoms with van der Waals surface area (Å²) in [5.41, 5.74) is 0.606. The number of carboxylic acids is 1. The van der Waals surface area contributed by atoms with Gasteiger partial charge in [-0.1, -0.05) is 16.8 Å². The van der Waals surface area contributed by atoms with Crippen LogP contribution in [-0.4, -0.2) is 72.7 Å². The van der Waals surface area contributed by atoms with Gasteiger partial charge in [0.15, 0.2) is 17.1 Å². The minimum Gasteiger partial charge on any atom is -0.477 e. The summed E-state index contributed by atoms with van der Waals surface area (Å²) in [5, 5.41) is 17.5. The molecule has 2 saturated heterocycles. The molecule has 0 bridgehead atoms. The molecule has 0 spiro atoms. The van der Waals surface area contributed by atoms with Crippen molar-refractivity contribution >= 4 is 23.4 Å². The number of anilines is 1. The highest BCUT2D eigenvalue weighted by molar-refractivity contribution is 6.30. The van der Waals surface area contributed by atoms with Gasteiger partial charge in [0.1, 0.15) is 0 Å². The number of carboxylic acid groups (broad SMARTS) is 1. The third kappa shape index (κ3) is 3.79.